The van der Waals surface area contributed by atoms with E-state index < -0.39 is 0 Å². The minimum Gasteiger partial charge on any atom is -0.327 e. The van der Waals surface area contributed by atoms with Gasteiger partial charge in [0, 0.05) is 6.54 Å². The summed E-state index contributed by atoms with van der Waals surface area (Å²) in [5.74, 6) is 0. The van der Waals surface area contributed by atoms with Gasteiger partial charge in [0.1, 0.15) is 0 Å². The molecule has 0 saturated carbocycles. The van der Waals surface area contributed by atoms with Crippen molar-refractivity contribution in [2.24, 2.45) is 5.73 Å². The highest BCUT2D eigenvalue weighted by molar-refractivity contribution is 9.11. The SMILES string of the molecule is Cl.NC/C=C/Br. The Morgan fingerprint density at radius 2 is 2.17 bits per heavy atom. The Kier molecular flexibility index (Phi) is 14.7. The Morgan fingerprint density at radius 1 is 1.67 bits per heavy atom. The molecule has 0 amide bonds. The third-order valence-corrected chi connectivity index (χ3v) is 0.599. The molecular formula is C3H7BrClN. The maximum Gasteiger partial charge on any atom is 0.0115 e. The van der Waals surface area contributed by atoms with E-state index in [-0.39, 0.29) is 12.4 Å². The Balaban J connectivity index is 0. The van der Waals surface area contributed by atoms with Crippen LogP contribution in [0.15, 0.2) is 11.1 Å². The van der Waals surface area contributed by atoms with Crippen LogP contribution < -0.4 is 5.73 Å². The fourth-order valence-corrected chi connectivity index (χ4v) is 0.267. The predicted molar refractivity (Wildman–Crippen MR) is 34.4 cm³/mol. The van der Waals surface area contributed by atoms with Crippen LogP contribution in [0.25, 0.3) is 0 Å². The first-order valence-electron chi connectivity index (χ1n) is 1.37. The molecule has 0 aromatic rings. The van der Waals surface area contributed by atoms with Gasteiger partial charge >= 0.3 is 0 Å². The second-order valence-electron chi connectivity index (χ2n) is 0.597. The van der Waals surface area contributed by atoms with Gasteiger partial charge in [0.25, 0.3) is 0 Å². The van der Waals surface area contributed by atoms with Gasteiger partial charge in [0.05, 0.1) is 0 Å². The molecule has 0 aliphatic rings. The summed E-state index contributed by atoms with van der Waals surface area (Å²) in [5, 5.41) is 0. The maximum absolute atomic E-state index is 5.02. The zero-order chi connectivity index (χ0) is 4.12. The van der Waals surface area contributed by atoms with E-state index in [0.717, 1.165) is 0 Å². The molecule has 0 heterocycles. The fourth-order valence-electron chi connectivity index (χ4n) is 0.0514. The molecular weight excluding hydrogens is 165 g/mol. The van der Waals surface area contributed by atoms with E-state index in [0.29, 0.717) is 6.54 Å². The highest BCUT2D eigenvalue weighted by atomic mass is 79.9. The molecule has 0 rings (SSSR count). The average Bonchev–Trinajstić information content (AvgIpc) is 1.41. The number of rotatable bonds is 1. The first-order valence-corrected chi connectivity index (χ1v) is 2.28. The zero-order valence-corrected chi connectivity index (χ0v) is 5.63. The van der Waals surface area contributed by atoms with Crippen LogP contribution in [0.3, 0.4) is 0 Å². The summed E-state index contributed by atoms with van der Waals surface area (Å²) in [5.41, 5.74) is 5.02. The molecule has 3 heteroatoms. The van der Waals surface area contributed by atoms with E-state index >= 15 is 0 Å². The molecule has 0 atom stereocenters. The largest absolute Gasteiger partial charge is 0.327 e. The van der Waals surface area contributed by atoms with Gasteiger partial charge in [-0.25, -0.2) is 0 Å². The molecule has 1 nitrogen and oxygen atoms in total. The van der Waals surface area contributed by atoms with Gasteiger partial charge in [-0.1, -0.05) is 22.0 Å². The molecule has 0 saturated heterocycles. The van der Waals surface area contributed by atoms with E-state index in [1.165, 1.54) is 0 Å². The van der Waals surface area contributed by atoms with E-state index in [9.17, 15) is 0 Å². The fraction of sp³-hybridized carbons (Fsp3) is 0.333. The van der Waals surface area contributed by atoms with Gasteiger partial charge in [-0.05, 0) is 4.99 Å². The quantitative estimate of drug-likeness (QED) is 0.633. The third kappa shape index (κ3) is 8.82. The van der Waals surface area contributed by atoms with Crippen molar-refractivity contribution < 1.29 is 0 Å². The smallest absolute Gasteiger partial charge is 0.0115 e. The van der Waals surface area contributed by atoms with Gasteiger partial charge in [-0.2, -0.15) is 0 Å². The lowest BCUT2D eigenvalue weighted by Crippen LogP contribution is -1.90. The highest BCUT2D eigenvalue weighted by Gasteiger charge is 1.52. The van der Waals surface area contributed by atoms with Crippen molar-refractivity contribution in [1.82, 2.24) is 0 Å². The standard InChI is InChI=1S/C3H6BrN.ClH/c4-2-1-3-5;/h1-2H,3,5H2;1H/b2-1+;. The summed E-state index contributed by atoms with van der Waals surface area (Å²) in [6.07, 6.45) is 1.82. The predicted octanol–water partition coefficient (Wildman–Crippen LogP) is 1.28. The Labute approximate surface area is 52.1 Å². The van der Waals surface area contributed by atoms with Crippen molar-refractivity contribution in [2.45, 2.75) is 0 Å². The normalized spacial score (nSPS) is 8.33. The molecule has 0 aliphatic heterocycles. The summed E-state index contributed by atoms with van der Waals surface area (Å²) in [4.78, 5) is 1.74. The topological polar surface area (TPSA) is 26.0 Å². The Hall–Kier alpha value is 0.470. The van der Waals surface area contributed by atoms with Crippen molar-refractivity contribution in [2.75, 3.05) is 6.54 Å². The molecule has 0 radical (unpaired) electrons. The number of halogens is 2. The van der Waals surface area contributed by atoms with Gasteiger partial charge < -0.3 is 5.73 Å². The molecule has 0 aromatic heterocycles. The van der Waals surface area contributed by atoms with Crippen molar-refractivity contribution >= 4 is 28.3 Å². The zero-order valence-electron chi connectivity index (χ0n) is 3.23. The van der Waals surface area contributed by atoms with Crippen LogP contribution in [0.4, 0.5) is 0 Å². The van der Waals surface area contributed by atoms with E-state index in [4.69, 9.17) is 5.73 Å². The summed E-state index contributed by atoms with van der Waals surface area (Å²) in [6, 6.07) is 0. The van der Waals surface area contributed by atoms with Crippen LogP contribution >= 0.6 is 28.3 Å². The number of hydrogen-bond donors (Lipinski definition) is 1. The van der Waals surface area contributed by atoms with E-state index in [1.807, 2.05) is 6.08 Å². The molecule has 38 valence electrons. The Morgan fingerprint density at radius 3 is 2.17 bits per heavy atom. The summed E-state index contributed by atoms with van der Waals surface area (Å²) < 4.78 is 0. The molecule has 0 aromatic carbocycles. The lowest BCUT2D eigenvalue weighted by atomic mass is 10.7. The van der Waals surface area contributed by atoms with Gasteiger partial charge in [0.15, 0.2) is 0 Å². The lowest BCUT2D eigenvalue weighted by molar-refractivity contribution is 1.26. The summed E-state index contributed by atoms with van der Waals surface area (Å²) >= 11 is 3.05. The van der Waals surface area contributed by atoms with Gasteiger partial charge in [-0.3, -0.25) is 0 Å². The van der Waals surface area contributed by atoms with Crippen LogP contribution in [0.5, 0.6) is 0 Å². The molecule has 2 N–H and O–H groups in total. The molecule has 0 bridgehead atoms. The second kappa shape index (κ2) is 9.08. The monoisotopic (exact) mass is 171 g/mol. The summed E-state index contributed by atoms with van der Waals surface area (Å²) in [6.45, 7) is 0.616. The number of hydrogen-bond acceptors (Lipinski definition) is 1. The molecule has 0 unspecified atom stereocenters. The lowest BCUT2D eigenvalue weighted by Gasteiger charge is -1.65. The minimum absolute atomic E-state index is 0. The average molecular weight is 172 g/mol. The van der Waals surface area contributed by atoms with Crippen molar-refractivity contribution in [3.63, 3.8) is 0 Å². The van der Waals surface area contributed by atoms with Crippen molar-refractivity contribution in [3.8, 4) is 0 Å². The second-order valence-corrected chi connectivity index (χ2v) is 1.13. The van der Waals surface area contributed by atoms with Crippen LogP contribution in [-0.4, -0.2) is 6.54 Å². The Bertz CT molecular complexity index is 37.8. The van der Waals surface area contributed by atoms with Crippen LogP contribution in [0, 0.1) is 0 Å². The van der Waals surface area contributed by atoms with Crippen LogP contribution in [0.2, 0.25) is 0 Å². The molecule has 0 spiro atoms. The minimum atomic E-state index is 0. The molecule has 6 heavy (non-hydrogen) atoms. The van der Waals surface area contributed by atoms with Crippen molar-refractivity contribution in [3.05, 3.63) is 11.1 Å². The highest BCUT2D eigenvalue weighted by Crippen LogP contribution is 1.76. The summed E-state index contributed by atoms with van der Waals surface area (Å²) in [7, 11) is 0. The third-order valence-electron chi connectivity index (χ3n) is 0.225. The van der Waals surface area contributed by atoms with Gasteiger partial charge in [0.2, 0.25) is 0 Å². The van der Waals surface area contributed by atoms with Gasteiger partial charge in [-0.15, -0.1) is 12.4 Å². The first-order chi connectivity index (χ1) is 2.41. The van der Waals surface area contributed by atoms with Crippen LogP contribution in [0.1, 0.15) is 0 Å². The van der Waals surface area contributed by atoms with E-state index in [2.05, 4.69) is 15.9 Å². The van der Waals surface area contributed by atoms with E-state index in [1.54, 1.807) is 4.99 Å². The molecule has 0 fully saturated rings. The first kappa shape index (κ1) is 9.69. The van der Waals surface area contributed by atoms with Crippen molar-refractivity contribution in [1.29, 1.82) is 0 Å². The maximum atomic E-state index is 5.02. The molecule has 0 aliphatic carbocycles. The number of nitrogens with two attached hydrogens (primary N) is 1. The van der Waals surface area contributed by atoms with Crippen LogP contribution in [-0.2, 0) is 0 Å².